The van der Waals surface area contributed by atoms with E-state index in [0.29, 0.717) is 28.2 Å². The van der Waals surface area contributed by atoms with Crippen LogP contribution in [-0.4, -0.2) is 33.9 Å². The Kier molecular flexibility index (Phi) is 3.49. The average molecular weight is 343 g/mol. The van der Waals surface area contributed by atoms with Gasteiger partial charge in [-0.3, -0.25) is 0 Å². The van der Waals surface area contributed by atoms with Crippen LogP contribution in [0.4, 0.5) is 5.69 Å². The molecule has 0 spiro atoms. The summed E-state index contributed by atoms with van der Waals surface area (Å²) >= 11 is 14.0. The number of hydrogen-bond acceptors (Lipinski definition) is 5. The van der Waals surface area contributed by atoms with E-state index in [1.165, 1.54) is 24.6 Å². The summed E-state index contributed by atoms with van der Waals surface area (Å²) in [4.78, 5) is 2.48. The summed E-state index contributed by atoms with van der Waals surface area (Å²) in [6.45, 7) is 0. The number of aromatic nitrogens is 2. The van der Waals surface area contributed by atoms with Crippen molar-refractivity contribution < 1.29 is 0 Å². The first-order valence-electron chi connectivity index (χ1n) is 7.25. The van der Waals surface area contributed by atoms with Crippen LogP contribution in [0.25, 0.3) is 11.0 Å². The van der Waals surface area contributed by atoms with E-state index in [2.05, 4.69) is 26.0 Å². The quantitative estimate of drug-likeness (QED) is 0.902. The Morgan fingerprint density at radius 2 is 1.81 bits per heavy atom. The molecule has 0 aliphatic carbocycles. The van der Waals surface area contributed by atoms with E-state index in [-0.39, 0.29) is 0 Å². The van der Waals surface area contributed by atoms with Crippen molar-refractivity contribution in [2.75, 3.05) is 11.9 Å². The van der Waals surface area contributed by atoms with Crippen LogP contribution in [0.2, 0.25) is 10.0 Å². The highest BCUT2D eigenvalue weighted by atomic mass is 35.5. The van der Waals surface area contributed by atoms with E-state index in [4.69, 9.17) is 23.2 Å². The number of nitrogens with one attached hydrogen (secondary N) is 1. The third-order valence-electron chi connectivity index (χ3n) is 4.82. The second-order valence-electron chi connectivity index (χ2n) is 5.90. The largest absolute Gasteiger partial charge is 0.362 e. The van der Waals surface area contributed by atoms with Gasteiger partial charge in [-0.2, -0.15) is 8.75 Å². The normalized spacial score (nSPS) is 28.5. The molecule has 2 bridgehead atoms. The van der Waals surface area contributed by atoms with Crippen LogP contribution in [0.5, 0.6) is 0 Å². The summed E-state index contributed by atoms with van der Waals surface area (Å²) < 4.78 is 8.77. The molecular formula is C14H16Cl2N4S. The van der Waals surface area contributed by atoms with Gasteiger partial charge in [-0.25, -0.2) is 0 Å². The summed E-state index contributed by atoms with van der Waals surface area (Å²) in [6.07, 6.45) is 4.76. The lowest BCUT2D eigenvalue weighted by atomic mass is 9.96. The average Bonchev–Trinajstić information content (AvgIpc) is 3.03. The smallest absolute Gasteiger partial charge is 0.131 e. The molecule has 21 heavy (non-hydrogen) atoms. The molecule has 2 atom stereocenters. The van der Waals surface area contributed by atoms with Gasteiger partial charge < -0.3 is 10.2 Å². The molecule has 2 fully saturated rings. The van der Waals surface area contributed by atoms with Gasteiger partial charge in [0.15, 0.2) is 0 Å². The van der Waals surface area contributed by atoms with Crippen molar-refractivity contribution in [3.05, 3.63) is 16.1 Å². The maximum Gasteiger partial charge on any atom is 0.131 e. The molecule has 1 aromatic heterocycles. The number of anilines is 1. The molecule has 0 radical (unpaired) electrons. The van der Waals surface area contributed by atoms with Gasteiger partial charge in [0.1, 0.15) is 11.0 Å². The van der Waals surface area contributed by atoms with Crippen LogP contribution in [0.15, 0.2) is 6.07 Å². The van der Waals surface area contributed by atoms with Crippen LogP contribution in [-0.2, 0) is 0 Å². The third kappa shape index (κ3) is 2.13. The molecule has 2 saturated heterocycles. The van der Waals surface area contributed by atoms with Crippen LogP contribution in [0, 0.1) is 0 Å². The second kappa shape index (κ2) is 5.23. The zero-order valence-electron chi connectivity index (χ0n) is 11.6. The lowest BCUT2D eigenvalue weighted by molar-refractivity contribution is 0.374. The number of fused-ring (bicyclic) bond motifs is 3. The number of piperidine rings is 1. The number of rotatable bonds is 2. The van der Waals surface area contributed by atoms with Crippen molar-refractivity contribution in [1.29, 1.82) is 0 Å². The predicted octanol–water partition coefficient (Wildman–Crippen LogP) is 3.72. The molecule has 2 aliphatic rings. The van der Waals surface area contributed by atoms with Gasteiger partial charge in [-0.05, 0) is 38.8 Å². The molecular weight excluding hydrogens is 327 g/mol. The van der Waals surface area contributed by atoms with Crippen LogP contribution in [0.1, 0.15) is 25.7 Å². The predicted molar refractivity (Wildman–Crippen MR) is 88.8 cm³/mol. The van der Waals surface area contributed by atoms with Gasteiger partial charge in [0.25, 0.3) is 0 Å². The zero-order chi connectivity index (χ0) is 14.6. The van der Waals surface area contributed by atoms with Gasteiger partial charge in [0.2, 0.25) is 0 Å². The van der Waals surface area contributed by atoms with Gasteiger partial charge in [-0.15, -0.1) is 0 Å². The highest BCUT2D eigenvalue weighted by molar-refractivity contribution is 7.00. The molecule has 1 N–H and O–H groups in total. The highest BCUT2D eigenvalue weighted by Crippen LogP contribution is 2.46. The molecule has 3 heterocycles. The van der Waals surface area contributed by atoms with E-state index in [1.807, 2.05) is 6.07 Å². The standard InChI is InChI=1S/C14H16Cl2N4S/c1-17-7-4-8-2-3-9(5-7)20(8)14-11(16)6-10(15)12-13(14)19-21-18-12/h6-9,17H,2-5H2,1H3. The molecule has 2 aliphatic heterocycles. The Bertz CT molecular complexity index is 675. The molecule has 0 amide bonds. The van der Waals surface area contributed by atoms with Gasteiger partial charge in [-0.1, -0.05) is 23.2 Å². The van der Waals surface area contributed by atoms with Crippen molar-refractivity contribution in [2.24, 2.45) is 0 Å². The fourth-order valence-corrected chi connectivity index (χ4v) is 5.09. The second-order valence-corrected chi connectivity index (χ2v) is 7.24. The van der Waals surface area contributed by atoms with E-state index in [0.717, 1.165) is 29.6 Å². The lowest BCUT2D eigenvalue weighted by Crippen LogP contribution is -2.48. The van der Waals surface area contributed by atoms with Crippen molar-refractivity contribution in [3.8, 4) is 0 Å². The van der Waals surface area contributed by atoms with E-state index in [9.17, 15) is 0 Å². The maximum atomic E-state index is 6.52. The third-order valence-corrected chi connectivity index (χ3v) is 5.92. The topological polar surface area (TPSA) is 41.0 Å². The van der Waals surface area contributed by atoms with Crippen molar-refractivity contribution >= 4 is 51.7 Å². The molecule has 112 valence electrons. The molecule has 2 aromatic rings. The number of nitrogens with zero attached hydrogens (tertiary/aromatic N) is 3. The summed E-state index contributed by atoms with van der Waals surface area (Å²) in [7, 11) is 2.05. The summed E-state index contributed by atoms with van der Waals surface area (Å²) in [5.74, 6) is 0. The maximum absolute atomic E-state index is 6.52. The first kappa shape index (κ1) is 14.0. The van der Waals surface area contributed by atoms with Crippen LogP contribution < -0.4 is 10.2 Å². The fourth-order valence-electron chi connectivity index (χ4n) is 3.89. The summed E-state index contributed by atoms with van der Waals surface area (Å²) in [6, 6.07) is 3.48. The Balaban J connectivity index is 1.83. The SMILES string of the molecule is CNC1CC2CCC(C1)N2c1c(Cl)cc(Cl)c2nsnc12. The zero-order valence-corrected chi connectivity index (χ0v) is 14.0. The molecule has 7 heteroatoms. The first-order chi connectivity index (χ1) is 10.2. The van der Waals surface area contributed by atoms with E-state index >= 15 is 0 Å². The van der Waals surface area contributed by atoms with Gasteiger partial charge in [0.05, 0.1) is 27.5 Å². The Morgan fingerprint density at radius 1 is 1.14 bits per heavy atom. The number of halogens is 2. The molecule has 4 nitrogen and oxygen atoms in total. The molecule has 4 rings (SSSR count). The van der Waals surface area contributed by atoms with Crippen molar-refractivity contribution in [2.45, 2.75) is 43.8 Å². The highest BCUT2D eigenvalue weighted by Gasteiger charge is 2.42. The summed E-state index contributed by atoms with van der Waals surface area (Å²) in [5, 5.41) is 4.71. The number of benzene rings is 1. The van der Waals surface area contributed by atoms with Gasteiger partial charge >= 0.3 is 0 Å². The van der Waals surface area contributed by atoms with Crippen molar-refractivity contribution in [1.82, 2.24) is 14.1 Å². The lowest BCUT2D eigenvalue weighted by Gasteiger charge is -2.41. The fraction of sp³-hybridized carbons (Fsp3) is 0.571. The first-order valence-corrected chi connectivity index (χ1v) is 8.73. The Hall–Kier alpha value is -0.620. The molecule has 2 unspecified atom stereocenters. The Morgan fingerprint density at radius 3 is 2.48 bits per heavy atom. The summed E-state index contributed by atoms with van der Waals surface area (Å²) in [5.41, 5.74) is 2.67. The molecule has 0 saturated carbocycles. The van der Waals surface area contributed by atoms with Crippen molar-refractivity contribution in [3.63, 3.8) is 0 Å². The van der Waals surface area contributed by atoms with E-state index in [1.54, 1.807) is 0 Å². The Labute approximate surface area is 137 Å². The van der Waals surface area contributed by atoms with Crippen LogP contribution in [0.3, 0.4) is 0 Å². The minimum atomic E-state index is 0.532. The van der Waals surface area contributed by atoms with Gasteiger partial charge in [0, 0.05) is 18.1 Å². The monoisotopic (exact) mass is 342 g/mol. The number of hydrogen-bond donors (Lipinski definition) is 1. The van der Waals surface area contributed by atoms with E-state index < -0.39 is 0 Å². The molecule has 1 aromatic carbocycles. The minimum Gasteiger partial charge on any atom is -0.362 e. The minimum absolute atomic E-state index is 0.532. The van der Waals surface area contributed by atoms with Crippen LogP contribution >= 0.6 is 34.9 Å².